The molecule has 0 spiro atoms. The third-order valence-corrected chi connectivity index (χ3v) is 4.49. The van der Waals surface area contributed by atoms with E-state index >= 15 is 0 Å². The Balaban J connectivity index is 2.35. The minimum Gasteiger partial charge on any atom is -0.314 e. The summed E-state index contributed by atoms with van der Waals surface area (Å²) in [5.74, 6) is 0.982. The summed E-state index contributed by atoms with van der Waals surface area (Å²) in [6.07, 6.45) is 2.86. The van der Waals surface area contributed by atoms with Crippen molar-refractivity contribution in [2.24, 2.45) is 5.92 Å². The maximum absolute atomic E-state index is 4.59. The van der Waals surface area contributed by atoms with E-state index in [9.17, 15) is 0 Å². The average molecular weight is 277 g/mol. The van der Waals surface area contributed by atoms with Crippen molar-refractivity contribution in [1.82, 2.24) is 15.3 Å². The molecule has 19 heavy (non-hydrogen) atoms. The van der Waals surface area contributed by atoms with Gasteiger partial charge in [-0.2, -0.15) is 0 Å². The zero-order valence-electron chi connectivity index (χ0n) is 12.2. The van der Waals surface area contributed by atoms with Crippen LogP contribution in [0.1, 0.15) is 45.7 Å². The highest BCUT2D eigenvalue weighted by atomic mass is 32.1. The first-order valence-electron chi connectivity index (χ1n) is 7.06. The fraction of sp³-hybridized carbons (Fsp3) is 0.600. The Morgan fingerprint density at radius 1 is 1.26 bits per heavy atom. The van der Waals surface area contributed by atoms with E-state index in [1.807, 2.05) is 0 Å². The molecule has 0 aliphatic heterocycles. The van der Waals surface area contributed by atoms with Gasteiger partial charge in [0.05, 0.1) is 15.9 Å². The Bertz CT molecular complexity index is 521. The monoisotopic (exact) mass is 277 g/mol. The zero-order chi connectivity index (χ0) is 13.8. The number of fused-ring (bicyclic) bond motifs is 1. The first-order chi connectivity index (χ1) is 9.15. The number of hydrogen-bond donors (Lipinski definition) is 1. The van der Waals surface area contributed by atoms with Gasteiger partial charge in [0.25, 0.3) is 0 Å². The van der Waals surface area contributed by atoms with Gasteiger partial charge >= 0.3 is 0 Å². The van der Waals surface area contributed by atoms with Crippen molar-refractivity contribution < 1.29 is 0 Å². The molecular formula is C15H23N3S. The van der Waals surface area contributed by atoms with Crippen molar-refractivity contribution >= 4 is 21.6 Å². The van der Waals surface area contributed by atoms with Crippen molar-refractivity contribution in [3.63, 3.8) is 0 Å². The van der Waals surface area contributed by atoms with Crippen molar-refractivity contribution in [2.45, 2.75) is 46.1 Å². The van der Waals surface area contributed by atoms with E-state index in [0.717, 1.165) is 18.5 Å². The first-order valence-corrected chi connectivity index (χ1v) is 7.94. The summed E-state index contributed by atoms with van der Waals surface area (Å²) in [5, 5.41) is 5.71. The number of nitrogens with zero attached hydrogens (tertiary/aromatic N) is 2. The second-order valence-electron chi connectivity index (χ2n) is 5.41. The van der Waals surface area contributed by atoms with Crippen molar-refractivity contribution in [3.05, 3.63) is 23.5 Å². The van der Waals surface area contributed by atoms with E-state index < -0.39 is 0 Å². The summed E-state index contributed by atoms with van der Waals surface area (Å²) >= 11 is 1.75. The van der Waals surface area contributed by atoms with Gasteiger partial charge in [-0.1, -0.05) is 20.8 Å². The highest BCUT2D eigenvalue weighted by Gasteiger charge is 2.26. The summed E-state index contributed by atoms with van der Waals surface area (Å²) < 4.78 is 1.24. The molecule has 0 amide bonds. The van der Waals surface area contributed by atoms with Crippen LogP contribution in [0.3, 0.4) is 0 Å². The van der Waals surface area contributed by atoms with E-state index in [1.165, 1.54) is 10.4 Å². The Morgan fingerprint density at radius 2 is 2.05 bits per heavy atom. The molecule has 2 atom stereocenters. The number of aromatic nitrogens is 2. The topological polar surface area (TPSA) is 37.8 Å². The van der Waals surface area contributed by atoms with Crippen molar-refractivity contribution in [1.29, 1.82) is 0 Å². The molecule has 1 N–H and O–H groups in total. The lowest BCUT2D eigenvalue weighted by atomic mass is 9.86. The second kappa shape index (κ2) is 6.44. The fourth-order valence-electron chi connectivity index (χ4n) is 2.67. The normalized spacial score (nSPS) is 15.0. The molecule has 2 rings (SSSR count). The SMILES string of the molecule is CCCNC(C)C(c1ncnc2ccsc12)C(C)C. The Hall–Kier alpha value is -1.000. The van der Waals surface area contributed by atoms with E-state index in [1.54, 1.807) is 17.7 Å². The lowest BCUT2D eigenvalue weighted by Gasteiger charge is -2.28. The average Bonchev–Trinajstić information content (AvgIpc) is 2.85. The fourth-order valence-corrected chi connectivity index (χ4v) is 3.56. The Kier molecular flexibility index (Phi) is 4.88. The molecule has 0 aromatic carbocycles. The van der Waals surface area contributed by atoms with Gasteiger partial charge in [-0.25, -0.2) is 9.97 Å². The van der Waals surface area contributed by atoms with Gasteiger partial charge < -0.3 is 5.32 Å². The highest BCUT2D eigenvalue weighted by Crippen LogP contribution is 2.33. The molecule has 0 radical (unpaired) electrons. The molecule has 2 aromatic rings. The van der Waals surface area contributed by atoms with Crippen LogP contribution in [-0.4, -0.2) is 22.6 Å². The molecule has 0 aliphatic carbocycles. The molecule has 4 heteroatoms. The van der Waals surface area contributed by atoms with Crippen LogP contribution in [0.2, 0.25) is 0 Å². The molecule has 0 bridgehead atoms. The molecule has 0 saturated heterocycles. The van der Waals surface area contributed by atoms with E-state index in [2.05, 4.69) is 54.4 Å². The molecule has 0 saturated carbocycles. The number of rotatable bonds is 6. The summed E-state index contributed by atoms with van der Waals surface area (Å²) in [6, 6.07) is 2.51. The third kappa shape index (κ3) is 3.12. The summed E-state index contributed by atoms with van der Waals surface area (Å²) in [7, 11) is 0. The maximum Gasteiger partial charge on any atom is 0.116 e. The van der Waals surface area contributed by atoms with Gasteiger partial charge in [0.15, 0.2) is 0 Å². The van der Waals surface area contributed by atoms with Gasteiger partial charge in [-0.3, -0.25) is 0 Å². The largest absolute Gasteiger partial charge is 0.314 e. The minimum absolute atomic E-state index is 0.427. The summed E-state index contributed by atoms with van der Waals surface area (Å²) in [5.41, 5.74) is 2.27. The van der Waals surface area contributed by atoms with E-state index in [4.69, 9.17) is 0 Å². The highest BCUT2D eigenvalue weighted by molar-refractivity contribution is 7.17. The number of thiophene rings is 1. The Morgan fingerprint density at radius 3 is 2.74 bits per heavy atom. The molecule has 104 valence electrons. The Labute approximate surface area is 119 Å². The maximum atomic E-state index is 4.59. The van der Waals surface area contributed by atoms with Crippen LogP contribution >= 0.6 is 11.3 Å². The zero-order valence-corrected chi connectivity index (χ0v) is 13.0. The quantitative estimate of drug-likeness (QED) is 0.872. The molecule has 3 nitrogen and oxygen atoms in total. The van der Waals surface area contributed by atoms with E-state index in [0.29, 0.717) is 17.9 Å². The lowest BCUT2D eigenvalue weighted by molar-refractivity contribution is 0.373. The van der Waals surface area contributed by atoms with Crippen LogP contribution < -0.4 is 5.32 Å². The molecule has 0 fully saturated rings. The smallest absolute Gasteiger partial charge is 0.116 e. The first kappa shape index (κ1) is 14.4. The minimum atomic E-state index is 0.427. The van der Waals surface area contributed by atoms with Crippen molar-refractivity contribution in [3.8, 4) is 0 Å². The van der Waals surface area contributed by atoms with Gasteiger partial charge in [0.2, 0.25) is 0 Å². The van der Waals surface area contributed by atoms with E-state index in [-0.39, 0.29) is 0 Å². The van der Waals surface area contributed by atoms with Crippen LogP contribution in [0.5, 0.6) is 0 Å². The molecule has 2 heterocycles. The second-order valence-corrected chi connectivity index (χ2v) is 6.32. The predicted molar refractivity (Wildman–Crippen MR) is 82.7 cm³/mol. The van der Waals surface area contributed by atoms with Gasteiger partial charge in [0.1, 0.15) is 6.33 Å². The molecular weight excluding hydrogens is 254 g/mol. The number of nitrogens with one attached hydrogen (secondary N) is 1. The van der Waals surface area contributed by atoms with Crippen LogP contribution in [0.25, 0.3) is 10.2 Å². The van der Waals surface area contributed by atoms with Crippen LogP contribution in [0.15, 0.2) is 17.8 Å². The van der Waals surface area contributed by atoms with Crippen LogP contribution in [0, 0.1) is 5.92 Å². The van der Waals surface area contributed by atoms with Gasteiger partial charge in [-0.15, -0.1) is 11.3 Å². The molecule has 2 aromatic heterocycles. The summed E-state index contributed by atoms with van der Waals surface area (Å²) in [6.45, 7) is 10.1. The van der Waals surface area contributed by atoms with Crippen LogP contribution in [0.4, 0.5) is 0 Å². The third-order valence-electron chi connectivity index (χ3n) is 3.56. The molecule has 0 aliphatic rings. The van der Waals surface area contributed by atoms with Gasteiger partial charge in [-0.05, 0) is 37.3 Å². The van der Waals surface area contributed by atoms with Gasteiger partial charge in [0, 0.05) is 12.0 Å². The van der Waals surface area contributed by atoms with Crippen LogP contribution in [-0.2, 0) is 0 Å². The van der Waals surface area contributed by atoms with Crippen molar-refractivity contribution in [2.75, 3.05) is 6.54 Å². The standard InChI is InChI=1S/C15H23N3S/c1-5-7-16-11(4)13(10(2)3)14-15-12(6-8-19-15)17-9-18-14/h6,8-11,13,16H,5,7H2,1-4H3. The lowest BCUT2D eigenvalue weighted by Crippen LogP contribution is -2.35. The molecule has 2 unspecified atom stereocenters. The predicted octanol–water partition coefficient (Wildman–Crippen LogP) is 3.82. The summed E-state index contributed by atoms with van der Waals surface area (Å²) in [4.78, 5) is 8.93. The number of hydrogen-bond acceptors (Lipinski definition) is 4.